The summed E-state index contributed by atoms with van der Waals surface area (Å²) in [5.41, 5.74) is 7.12. The van der Waals surface area contributed by atoms with Gasteiger partial charge in [0.2, 0.25) is 0 Å². The molecule has 1 aliphatic rings. The van der Waals surface area contributed by atoms with E-state index in [9.17, 15) is 4.79 Å². The molecule has 6 heteroatoms. The van der Waals surface area contributed by atoms with Gasteiger partial charge in [0, 0.05) is 19.0 Å². The van der Waals surface area contributed by atoms with Crippen molar-refractivity contribution >= 4 is 11.7 Å². The Balaban J connectivity index is 2.20. The van der Waals surface area contributed by atoms with Gasteiger partial charge in [-0.3, -0.25) is 4.79 Å². The molecule has 0 saturated heterocycles. The fraction of sp³-hybridized carbons (Fsp3) is 0.385. The molecule has 19 heavy (non-hydrogen) atoms. The third-order valence-corrected chi connectivity index (χ3v) is 3.38. The number of carbonyl (C=O) groups excluding carboxylic acids is 1. The molecular formula is C13H17N3O3. The fourth-order valence-corrected chi connectivity index (χ4v) is 1.98. The van der Waals surface area contributed by atoms with Crippen molar-refractivity contribution in [1.82, 2.24) is 4.90 Å². The zero-order valence-corrected chi connectivity index (χ0v) is 11.0. The molecule has 1 aromatic carbocycles. The SMILES string of the molecule is CC(C(N)=NO)N(C)C(=O)c1ccc2c(c1)CCO2. The first-order valence-corrected chi connectivity index (χ1v) is 6.05. The van der Waals surface area contributed by atoms with Crippen molar-refractivity contribution in [2.24, 2.45) is 10.9 Å². The summed E-state index contributed by atoms with van der Waals surface area (Å²) >= 11 is 0. The van der Waals surface area contributed by atoms with E-state index in [-0.39, 0.29) is 11.7 Å². The first-order valence-electron chi connectivity index (χ1n) is 6.05. The molecule has 0 spiro atoms. The van der Waals surface area contributed by atoms with Gasteiger partial charge < -0.3 is 20.6 Å². The van der Waals surface area contributed by atoms with Gasteiger partial charge in [-0.2, -0.15) is 0 Å². The number of hydrogen-bond donors (Lipinski definition) is 2. The fourth-order valence-electron chi connectivity index (χ4n) is 1.98. The summed E-state index contributed by atoms with van der Waals surface area (Å²) < 4.78 is 5.40. The van der Waals surface area contributed by atoms with Gasteiger partial charge in [0.1, 0.15) is 5.75 Å². The van der Waals surface area contributed by atoms with Crippen molar-refractivity contribution in [3.63, 3.8) is 0 Å². The van der Waals surface area contributed by atoms with Crippen molar-refractivity contribution < 1.29 is 14.7 Å². The van der Waals surface area contributed by atoms with Crippen LogP contribution in [0.2, 0.25) is 0 Å². The average Bonchev–Trinajstić information content (AvgIpc) is 2.91. The smallest absolute Gasteiger partial charge is 0.254 e. The molecule has 0 aliphatic carbocycles. The Labute approximate surface area is 111 Å². The highest BCUT2D eigenvalue weighted by Gasteiger charge is 2.22. The Hall–Kier alpha value is -2.24. The molecule has 1 unspecified atom stereocenters. The van der Waals surface area contributed by atoms with Crippen LogP contribution in [0.3, 0.4) is 0 Å². The van der Waals surface area contributed by atoms with E-state index in [0.717, 1.165) is 17.7 Å². The first-order chi connectivity index (χ1) is 9.04. The molecule has 1 aromatic rings. The van der Waals surface area contributed by atoms with Gasteiger partial charge in [0.15, 0.2) is 5.84 Å². The van der Waals surface area contributed by atoms with Crippen LogP contribution in [-0.2, 0) is 6.42 Å². The Kier molecular flexibility index (Phi) is 3.59. The quantitative estimate of drug-likeness (QED) is 0.366. The summed E-state index contributed by atoms with van der Waals surface area (Å²) in [5, 5.41) is 11.6. The van der Waals surface area contributed by atoms with E-state index in [1.165, 1.54) is 4.90 Å². The Morgan fingerprint density at radius 2 is 2.32 bits per heavy atom. The van der Waals surface area contributed by atoms with E-state index in [1.54, 1.807) is 26.1 Å². The molecule has 0 radical (unpaired) electrons. The number of nitrogens with two attached hydrogens (primary N) is 1. The lowest BCUT2D eigenvalue weighted by Crippen LogP contribution is -2.43. The van der Waals surface area contributed by atoms with Gasteiger partial charge in [-0.1, -0.05) is 5.16 Å². The molecule has 1 atom stereocenters. The lowest BCUT2D eigenvalue weighted by atomic mass is 10.1. The minimum Gasteiger partial charge on any atom is -0.493 e. The highest BCUT2D eigenvalue weighted by Crippen LogP contribution is 2.26. The van der Waals surface area contributed by atoms with E-state index < -0.39 is 6.04 Å². The molecule has 1 amide bonds. The first kappa shape index (κ1) is 13.2. The monoisotopic (exact) mass is 263 g/mol. The number of benzene rings is 1. The number of hydrogen-bond acceptors (Lipinski definition) is 4. The Morgan fingerprint density at radius 3 is 3.00 bits per heavy atom. The van der Waals surface area contributed by atoms with Crippen LogP contribution in [0.25, 0.3) is 0 Å². The zero-order chi connectivity index (χ0) is 14.0. The minimum atomic E-state index is -0.470. The predicted octanol–water partition coefficient (Wildman–Crippen LogP) is 0.828. The van der Waals surface area contributed by atoms with Gasteiger partial charge in [-0.15, -0.1) is 0 Å². The second-order valence-corrected chi connectivity index (χ2v) is 4.54. The van der Waals surface area contributed by atoms with Crippen LogP contribution in [0.15, 0.2) is 23.4 Å². The summed E-state index contributed by atoms with van der Waals surface area (Å²) in [6.45, 7) is 2.35. The molecule has 1 aliphatic heterocycles. The van der Waals surface area contributed by atoms with E-state index in [1.807, 2.05) is 6.07 Å². The summed E-state index contributed by atoms with van der Waals surface area (Å²) in [6, 6.07) is 4.89. The normalized spacial score (nSPS) is 15.6. The highest BCUT2D eigenvalue weighted by atomic mass is 16.5. The van der Waals surface area contributed by atoms with E-state index in [4.69, 9.17) is 15.7 Å². The van der Waals surface area contributed by atoms with Gasteiger partial charge in [0.25, 0.3) is 5.91 Å². The molecule has 2 rings (SSSR count). The maximum absolute atomic E-state index is 12.3. The van der Waals surface area contributed by atoms with Gasteiger partial charge >= 0.3 is 0 Å². The number of ether oxygens (including phenoxy) is 1. The largest absolute Gasteiger partial charge is 0.493 e. The molecule has 6 nitrogen and oxygen atoms in total. The average molecular weight is 263 g/mol. The molecular weight excluding hydrogens is 246 g/mol. The van der Waals surface area contributed by atoms with Crippen molar-refractivity contribution in [2.45, 2.75) is 19.4 Å². The van der Waals surface area contributed by atoms with Gasteiger partial charge in [0.05, 0.1) is 12.6 Å². The lowest BCUT2D eigenvalue weighted by Gasteiger charge is -2.23. The second kappa shape index (κ2) is 5.17. The number of oxime groups is 1. The molecule has 102 valence electrons. The lowest BCUT2D eigenvalue weighted by molar-refractivity contribution is 0.0776. The third-order valence-electron chi connectivity index (χ3n) is 3.38. The van der Waals surface area contributed by atoms with E-state index >= 15 is 0 Å². The standard InChI is InChI=1S/C13H17N3O3/c1-8(12(14)15-18)16(2)13(17)10-3-4-11-9(7-10)5-6-19-11/h3-4,7-8,18H,5-6H2,1-2H3,(H2,14,15). The van der Waals surface area contributed by atoms with Crippen molar-refractivity contribution in [3.05, 3.63) is 29.3 Å². The number of likely N-dealkylation sites (N-methyl/N-ethyl adjacent to an activating group) is 1. The number of fused-ring (bicyclic) bond motifs is 1. The maximum Gasteiger partial charge on any atom is 0.254 e. The summed E-state index contributed by atoms with van der Waals surface area (Å²) in [5.74, 6) is 0.665. The molecule has 0 saturated carbocycles. The summed E-state index contributed by atoms with van der Waals surface area (Å²) in [6.07, 6.45) is 0.815. The molecule has 0 fully saturated rings. The van der Waals surface area contributed by atoms with Crippen LogP contribution >= 0.6 is 0 Å². The summed E-state index contributed by atoms with van der Waals surface area (Å²) in [7, 11) is 1.62. The highest BCUT2D eigenvalue weighted by molar-refractivity contribution is 5.98. The van der Waals surface area contributed by atoms with Gasteiger partial charge in [-0.05, 0) is 30.7 Å². The molecule has 3 N–H and O–H groups in total. The number of amidine groups is 1. The van der Waals surface area contributed by atoms with Crippen LogP contribution in [0, 0.1) is 0 Å². The predicted molar refractivity (Wildman–Crippen MR) is 70.6 cm³/mol. The third kappa shape index (κ3) is 2.47. The number of carbonyl (C=O) groups is 1. The Bertz CT molecular complexity index is 528. The molecule has 0 aromatic heterocycles. The molecule has 0 bridgehead atoms. The van der Waals surface area contributed by atoms with Crippen LogP contribution in [0.5, 0.6) is 5.75 Å². The Morgan fingerprint density at radius 1 is 1.58 bits per heavy atom. The van der Waals surface area contributed by atoms with Crippen molar-refractivity contribution in [1.29, 1.82) is 0 Å². The topological polar surface area (TPSA) is 88.2 Å². The number of rotatable bonds is 3. The zero-order valence-electron chi connectivity index (χ0n) is 11.0. The second-order valence-electron chi connectivity index (χ2n) is 4.54. The van der Waals surface area contributed by atoms with E-state index in [2.05, 4.69) is 5.16 Å². The number of amides is 1. The maximum atomic E-state index is 12.3. The van der Waals surface area contributed by atoms with E-state index in [0.29, 0.717) is 12.2 Å². The van der Waals surface area contributed by atoms with Crippen LogP contribution in [0.1, 0.15) is 22.8 Å². The number of nitrogens with zero attached hydrogens (tertiary/aromatic N) is 2. The van der Waals surface area contributed by atoms with Crippen LogP contribution in [0.4, 0.5) is 0 Å². The molecule has 1 heterocycles. The van der Waals surface area contributed by atoms with Gasteiger partial charge in [-0.25, -0.2) is 0 Å². The van der Waals surface area contributed by atoms with Crippen molar-refractivity contribution in [2.75, 3.05) is 13.7 Å². The van der Waals surface area contributed by atoms with Crippen LogP contribution in [-0.4, -0.2) is 41.5 Å². The summed E-state index contributed by atoms with van der Waals surface area (Å²) in [4.78, 5) is 13.7. The van der Waals surface area contributed by atoms with Crippen LogP contribution < -0.4 is 10.5 Å². The minimum absolute atomic E-state index is 0.000318. The van der Waals surface area contributed by atoms with Crippen molar-refractivity contribution in [3.8, 4) is 5.75 Å².